The fraction of sp³-hybridized carbons (Fsp3) is 0.150. The van der Waals surface area contributed by atoms with E-state index in [9.17, 15) is 14.4 Å². The minimum Gasteiger partial charge on any atom is -0.465 e. The molecule has 1 aromatic carbocycles. The van der Waals surface area contributed by atoms with Gasteiger partial charge in [0, 0.05) is 16.9 Å². The summed E-state index contributed by atoms with van der Waals surface area (Å²) in [6.07, 6.45) is 2.99. The van der Waals surface area contributed by atoms with E-state index in [2.05, 4.69) is 0 Å². The highest BCUT2D eigenvalue weighted by atomic mass is 16.5. The van der Waals surface area contributed by atoms with E-state index < -0.39 is 5.97 Å². The van der Waals surface area contributed by atoms with Crippen LogP contribution in [0.1, 0.15) is 30.0 Å². The van der Waals surface area contributed by atoms with Gasteiger partial charge in [0.15, 0.2) is 5.78 Å². The number of carbonyl (C=O) groups excluding carboxylic acids is 3. The van der Waals surface area contributed by atoms with Crippen LogP contribution >= 0.6 is 0 Å². The van der Waals surface area contributed by atoms with E-state index in [1.807, 2.05) is 0 Å². The van der Waals surface area contributed by atoms with Gasteiger partial charge in [0.2, 0.25) is 0 Å². The third-order valence-corrected chi connectivity index (χ3v) is 4.13. The van der Waals surface area contributed by atoms with Gasteiger partial charge < -0.3 is 9.15 Å². The molecular weight excluding hydrogens is 334 g/mol. The maximum Gasteiger partial charge on any atom is 0.340 e. The first-order valence-corrected chi connectivity index (χ1v) is 7.94. The number of ketones is 1. The van der Waals surface area contributed by atoms with E-state index in [1.165, 1.54) is 31.3 Å². The number of allylic oxidation sites excluding steroid dienone is 1. The summed E-state index contributed by atoms with van der Waals surface area (Å²) in [5.74, 6) is -0.666. The minimum absolute atomic E-state index is 0.111. The number of anilines is 1. The molecule has 3 rings (SSSR count). The number of hydrogen-bond acceptors (Lipinski definition) is 5. The molecule has 0 aliphatic carbocycles. The summed E-state index contributed by atoms with van der Waals surface area (Å²) in [5, 5.41) is 0. The molecule has 0 N–H and O–H groups in total. The van der Waals surface area contributed by atoms with Crippen molar-refractivity contribution in [2.24, 2.45) is 0 Å². The summed E-state index contributed by atoms with van der Waals surface area (Å²) >= 11 is 0. The topological polar surface area (TPSA) is 76.8 Å². The Labute approximate surface area is 150 Å². The lowest BCUT2D eigenvalue weighted by atomic mass is 10.1. The standard InChI is InChI=1S/C20H17NO5/c1-12-18(20(24)25-3)17(11-16-8-5-9-26-16)19(23)21(12)15-7-4-6-14(10-15)13(2)22/h4-11H,1-3H3/b17-11-. The van der Waals surface area contributed by atoms with Crippen LogP contribution in [-0.4, -0.2) is 24.8 Å². The van der Waals surface area contributed by atoms with Gasteiger partial charge in [0.25, 0.3) is 5.91 Å². The molecule has 0 atom stereocenters. The third-order valence-electron chi connectivity index (χ3n) is 4.13. The molecule has 2 heterocycles. The summed E-state index contributed by atoms with van der Waals surface area (Å²) in [7, 11) is 1.26. The highest BCUT2D eigenvalue weighted by Gasteiger charge is 2.38. The Morgan fingerprint density at radius 1 is 1.19 bits per heavy atom. The second-order valence-electron chi connectivity index (χ2n) is 5.77. The van der Waals surface area contributed by atoms with Gasteiger partial charge in [0.1, 0.15) is 5.76 Å². The molecule has 6 nitrogen and oxygen atoms in total. The largest absolute Gasteiger partial charge is 0.465 e. The Balaban J connectivity index is 2.14. The highest BCUT2D eigenvalue weighted by molar-refractivity contribution is 6.23. The van der Waals surface area contributed by atoms with Crippen LogP contribution in [0.4, 0.5) is 5.69 Å². The van der Waals surface area contributed by atoms with Gasteiger partial charge in [-0.2, -0.15) is 0 Å². The summed E-state index contributed by atoms with van der Waals surface area (Å²) in [5.41, 5.74) is 1.76. The van der Waals surface area contributed by atoms with Gasteiger partial charge in [0.05, 0.1) is 24.5 Å². The molecule has 0 radical (unpaired) electrons. The monoisotopic (exact) mass is 351 g/mol. The summed E-state index contributed by atoms with van der Waals surface area (Å²) in [6, 6.07) is 10.1. The van der Waals surface area contributed by atoms with Crippen molar-refractivity contribution in [3.63, 3.8) is 0 Å². The Hall–Kier alpha value is -3.41. The van der Waals surface area contributed by atoms with E-state index >= 15 is 0 Å². The molecule has 0 spiro atoms. The van der Waals surface area contributed by atoms with Crippen molar-refractivity contribution < 1.29 is 23.5 Å². The number of hydrogen-bond donors (Lipinski definition) is 0. The number of furan rings is 1. The summed E-state index contributed by atoms with van der Waals surface area (Å²) in [6.45, 7) is 3.11. The summed E-state index contributed by atoms with van der Waals surface area (Å²) in [4.78, 5) is 38.4. The third kappa shape index (κ3) is 2.97. The highest BCUT2D eigenvalue weighted by Crippen LogP contribution is 2.35. The predicted octanol–water partition coefficient (Wildman–Crippen LogP) is 3.36. The lowest BCUT2D eigenvalue weighted by Gasteiger charge is -2.18. The SMILES string of the molecule is COC(=O)C1=C(C)N(c2cccc(C(C)=O)c2)C(=O)/C1=C\c1ccco1. The zero-order chi connectivity index (χ0) is 18.8. The van der Waals surface area contributed by atoms with E-state index in [0.29, 0.717) is 22.7 Å². The minimum atomic E-state index is -0.612. The number of nitrogens with zero attached hydrogens (tertiary/aromatic N) is 1. The van der Waals surface area contributed by atoms with Gasteiger partial charge in [-0.3, -0.25) is 14.5 Å². The van der Waals surface area contributed by atoms with E-state index in [4.69, 9.17) is 9.15 Å². The number of carbonyl (C=O) groups is 3. The first-order valence-electron chi connectivity index (χ1n) is 7.94. The van der Waals surface area contributed by atoms with Crippen molar-refractivity contribution >= 4 is 29.4 Å². The van der Waals surface area contributed by atoms with Crippen LogP contribution in [0.25, 0.3) is 6.08 Å². The second-order valence-corrected chi connectivity index (χ2v) is 5.77. The van der Waals surface area contributed by atoms with Crippen LogP contribution < -0.4 is 4.90 Å². The molecule has 1 aliphatic heterocycles. The molecule has 2 aromatic rings. The Morgan fingerprint density at radius 2 is 1.96 bits per heavy atom. The molecule has 0 unspecified atom stereocenters. The molecule has 0 bridgehead atoms. The second kappa shape index (κ2) is 6.84. The molecule has 0 saturated carbocycles. The number of rotatable bonds is 4. The smallest absolute Gasteiger partial charge is 0.340 e. The van der Waals surface area contributed by atoms with Crippen molar-refractivity contribution in [2.45, 2.75) is 13.8 Å². The van der Waals surface area contributed by atoms with E-state index in [-0.39, 0.29) is 22.8 Å². The molecule has 26 heavy (non-hydrogen) atoms. The van der Waals surface area contributed by atoms with Crippen molar-refractivity contribution in [1.29, 1.82) is 0 Å². The van der Waals surface area contributed by atoms with E-state index in [0.717, 1.165) is 0 Å². The van der Waals surface area contributed by atoms with Gasteiger partial charge in [-0.1, -0.05) is 12.1 Å². The normalized spacial score (nSPS) is 15.7. The van der Waals surface area contributed by atoms with Crippen LogP contribution in [0.2, 0.25) is 0 Å². The molecule has 132 valence electrons. The van der Waals surface area contributed by atoms with Gasteiger partial charge in [-0.15, -0.1) is 0 Å². The lowest BCUT2D eigenvalue weighted by Crippen LogP contribution is -2.24. The zero-order valence-corrected chi connectivity index (χ0v) is 14.6. The number of esters is 1. The first-order chi connectivity index (χ1) is 12.4. The Morgan fingerprint density at radius 3 is 2.58 bits per heavy atom. The van der Waals surface area contributed by atoms with Gasteiger partial charge in [-0.25, -0.2) is 4.79 Å². The average molecular weight is 351 g/mol. The molecule has 6 heteroatoms. The number of amides is 1. The van der Waals surface area contributed by atoms with Crippen LogP contribution in [0.15, 0.2) is 63.9 Å². The van der Waals surface area contributed by atoms with Gasteiger partial charge in [-0.05, 0) is 44.2 Å². The Kier molecular flexibility index (Phi) is 4.58. The fourth-order valence-corrected chi connectivity index (χ4v) is 2.87. The number of methoxy groups -OCH3 is 1. The quantitative estimate of drug-likeness (QED) is 0.479. The number of Topliss-reactive ketones (excluding diaryl/α,β-unsaturated/α-hetero) is 1. The van der Waals surface area contributed by atoms with E-state index in [1.54, 1.807) is 43.3 Å². The number of benzene rings is 1. The predicted molar refractivity (Wildman–Crippen MR) is 95.3 cm³/mol. The van der Waals surface area contributed by atoms with Crippen LogP contribution in [0, 0.1) is 0 Å². The zero-order valence-electron chi connectivity index (χ0n) is 14.6. The first kappa shape index (κ1) is 17.4. The van der Waals surface area contributed by atoms with Crippen LogP contribution in [0.5, 0.6) is 0 Å². The van der Waals surface area contributed by atoms with Crippen LogP contribution in [0.3, 0.4) is 0 Å². The molecule has 0 saturated heterocycles. The van der Waals surface area contributed by atoms with Crippen molar-refractivity contribution in [3.8, 4) is 0 Å². The molecular formula is C20H17NO5. The van der Waals surface area contributed by atoms with Crippen molar-refractivity contribution in [1.82, 2.24) is 0 Å². The number of ether oxygens (including phenoxy) is 1. The summed E-state index contributed by atoms with van der Waals surface area (Å²) < 4.78 is 10.1. The van der Waals surface area contributed by atoms with Crippen molar-refractivity contribution in [2.75, 3.05) is 12.0 Å². The lowest BCUT2D eigenvalue weighted by molar-refractivity contribution is -0.136. The molecule has 1 aromatic heterocycles. The van der Waals surface area contributed by atoms with Crippen molar-refractivity contribution in [3.05, 3.63) is 70.8 Å². The maximum absolute atomic E-state index is 13.0. The molecule has 0 fully saturated rings. The maximum atomic E-state index is 13.0. The molecule has 1 amide bonds. The molecule has 1 aliphatic rings. The average Bonchev–Trinajstić information content (AvgIpc) is 3.22. The Bertz CT molecular complexity index is 950. The van der Waals surface area contributed by atoms with Gasteiger partial charge >= 0.3 is 5.97 Å². The fourth-order valence-electron chi connectivity index (χ4n) is 2.87. The van der Waals surface area contributed by atoms with Crippen LogP contribution in [-0.2, 0) is 14.3 Å².